The maximum Gasteiger partial charge on any atom is 0.325 e. The molecular formula is C20H16N6O3. The number of aromatic nitrogens is 5. The molecule has 1 saturated carbocycles. The first-order valence-electron chi connectivity index (χ1n) is 9.13. The number of hydrogen-bond acceptors (Lipinski definition) is 5. The fourth-order valence-corrected chi connectivity index (χ4v) is 3.53. The van der Waals surface area contributed by atoms with Crippen LogP contribution in [0.4, 0.5) is 5.69 Å². The number of carbonyl (C=O) groups excluding carboxylic acids is 1. The van der Waals surface area contributed by atoms with Gasteiger partial charge >= 0.3 is 5.69 Å². The molecule has 0 aliphatic heterocycles. The standard InChI is InChI=1S/C20H16N6O3/c27-18(23-11-4-2-1-3-5-11)14-8-12(14)13-9-16(25-26-7-6-21-17(13)26)15-10-22-20(29)24-19(15)28/h1-7,9-10,12,14H,8H2,(H,23,27)(H2,22,24,28,29). The zero-order valence-electron chi connectivity index (χ0n) is 15.1. The van der Waals surface area contributed by atoms with E-state index in [1.54, 1.807) is 23.0 Å². The Morgan fingerprint density at radius 2 is 2.03 bits per heavy atom. The molecule has 1 fully saturated rings. The number of imidazole rings is 1. The Bertz CT molecular complexity index is 1340. The van der Waals surface area contributed by atoms with Gasteiger partial charge in [-0.1, -0.05) is 18.2 Å². The minimum atomic E-state index is -0.581. The molecule has 9 nitrogen and oxygen atoms in total. The third kappa shape index (κ3) is 3.12. The van der Waals surface area contributed by atoms with Gasteiger partial charge < -0.3 is 10.3 Å². The summed E-state index contributed by atoms with van der Waals surface area (Å²) in [7, 11) is 0. The average molecular weight is 388 g/mol. The predicted molar refractivity (Wildman–Crippen MR) is 106 cm³/mol. The summed E-state index contributed by atoms with van der Waals surface area (Å²) in [6, 6.07) is 11.1. The van der Waals surface area contributed by atoms with Gasteiger partial charge in [0.25, 0.3) is 5.56 Å². The number of aromatic amines is 2. The summed E-state index contributed by atoms with van der Waals surface area (Å²) in [5, 5.41) is 7.35. The van der Waals surface area contributed by atoms with Crippen LogP contribution in [0.25, 0.3) is 16.9 Å². The smallest absolute Gasteiger partial charge is 0.325 e. The van der Waals surface area contributed by atoms with Crippen molar-refractivity contribution in [2.75, 3.05) is 5.32 Å². The van der Waals surface area contributed by atoms with Crippen molar-refractivity contribution in [3.8, 4) is 11.3 Å². The second-order valence-corrected chi connectivity index (χ2v) is 6.97. The summed E-state index contributed by atoms with van der Waals surface area (Å²) < 4.78 is 1.58. The van der Waals surface area contributed by atoms with Crippen LogP contribution in [0, 0.1) is 5.92 Å². The molecule has 29 heavy (non-hydrogen) atoms. The Balaban J connectivity index is 1.49. The first-order chi connectivity index (χ1) is 14.1. The van der Waals surface area contributed by atoms with Crippen molar-refractivity contribution in [2.45, 2.75) is 12.3 Å². The molecule has 4 aromatic rings. The Labute approximate surface area is 163 Å². The number of rotatable bonds is 4. The summed E-state index contributed by atoms with van der Waals surface area (Å²) in [5.41, 5.74) is 1.78. The number of H-pyrrole nitrogens is 2. The Morgan fingerprint density at radius 3 is 2.83 bits per heavy atom. The zero-order chi connectivity index (χ0) is 20.0. The van der Waals surface area contributed by atoms with E-state index in [-0.39, 0.29) is 23.3 Å². The van der Waals surface area contributed by atoms with E-state index < -0.39 is 11.2 Å². The van der Waals surface area contributed by atoms with Crippen LogP contribution in [0.2, 0.25) is 0 Å². The van der Waals surface area contributed by atoms with Crippen LogP contribution in [-0.2, 0) is 4.79 Å². The molecule has 3 N–H and O–H groups in total. The fourth-order valence-electron chi connectivity index (χ4n) is 3.53. The van der Waals surface area contributed by atoms with Crippen molar-refractivity contribution in [1.29, 1.82) is 0 Å². The average Bonchev–Trinajstić information content (AvgIpc) is 3.37. The third-order valence-corrected chi connectivity index (χ3v) is 5.05. The van der Waals surface area contributed by atoms with Crippen LogP contribution in [0.15, 0.2) is 64.6 Å². The van der Waals surface area contributed by atoms with E-state index in [0.717, 1.165) is 11.3 Å². The molecule has 144 valence electrons. The second kappa shape index (κ2) is 6.55. The lowest BCUT2D eigenvalue weighted by molar-refractivity contribution is -0.117. The molecular weight excluding hydrogens is 372 g/mol. The topological polar surface area (TPSA) is 125 Å². The van der Waals surface area contributed by atoms with Crippen molar-refractivity contribution in [2.24, 2.45) is 5.92 Å². The van der Waals surface area contributed by atoms with Gasteiger partial charge in [-0.2, -0.15) is 5.10 Å². The molecule has 9 heteroatoms. The molecule has 1 aliphatic rings. The Hall–Kier alpha value is -4.01. The van der Waals surface area contributed by atoms with Crippen molar-refractivity contribution in [1.82, 2.24) is 24.6 Å². The van der Waals surface area contributed by atoms with Crippen LogP contribution >= 0.6 is 0 Å². The van der Waals surface area contributed by atoms with Crippen molar-refractivity contribution < 1.29 is 4.79 Å². The molecule has 3 heterocycles. The summed E-state index contributed by atoms with van der Waals surface area (Å²) in [6.07, 6.45) is 5.33. The number of hydrogen-bond donors (Lipinski definition) is 3. The highest BCUT2D eigenvalue weighted by atomic mass is 16.2. The predicted octanol–water partition coefficient (Wildman–Crippen LogP) is 1.52. The SMILES string of the molecule is O=C(Nc1ccccc1)C1CC1c1cc(-c2c[nH]c(=O)[nH]c2=O)nn2ccnc12. The normalized spacial score (nSPS) is 17.9. The van der Waals surface area contributed by atoms with Crippen LogP contribution < -0.4 is 16.6 Å². The van der Waals surface area contributed by atoms with Gasteiger partial charge in [0, 0.05) is 41.7 Å². The molecule has 3 aromatic heterocycles. The maximum atomic E-state index is 12.6. The lowest BCUT2D eigenvalue weighted by Gasteiger charge is -2.08. The number of amides is 1. The molecule has 2 unspecified atom stereocenters. The monoisotopic (exact) mass is 388 g/mol. The van der Waals surface area contributed by atoms with E-state index in [9.17, 15) is 14.4 Å². The number of nitrogens with zero attached hydrogens (tertiary/aromatic N) is 3. The lowest BCUT2D eigenvalue weighted by Crippen LogP contribution is -2.23. The van der Waals surface area contributed by atoms with Crippen LogP contribution in [0.3, 0.4) is 0 Å². The molecule has 0 radical (unpaired) electrons. The third-order valence-electron chi connectivity index (χ3n) is 5.05. The van der Waals surface area contributed by atoms with Crippen molar-refractivity contribution in [3.63, 3.8) is 0 Å². The molecule has 0 saturated heterocycles. The number of anilines is 1. The largest absolute Gasteiger partial charge is 0.326 e. The second-order valence-electron chi connectivity index (χ2n) is 6.97. The fraction of sp³-hybridized carbons (Fsp3) is 0.150. The summed E-state index contributed by atoms with van der Waals surface area (Å²) in [6.45, 7) is 0. The highest BCUT2D eigenvalue weighted by Gasteiger charge is 2.45. The van der Waals surface area contributed by atoms with Gasteiger partial charge in [0.05, 0.1) is 11.3 Å². The Morgan fingerprint density at radius 1 is 1.21 bits per heavy atom. The number of para-hydroxylation sites is 1. The van der Waals surface area contributed by atoms with E-state index >= 15 is 0 Å². The van der Waals surface area contributed by atoms with E-state index in [1.807, 2.05) is 30.3 Å². The van der Waals surface area contributed by atoms with Crippen LogP contribution in [0.5, 0.6) is 0 Å². The van der Waals surface area contributed by atoms with Crippen LogP contribution in [0.1, 0.15) is 17.9 Å². The summed E-state index contributed by atoms with van der Waals surface area (Å²) >= 11 is 0. The van der Waals surface area contributed by atoms with Gasteiger partial charge in [0.2, 0.25) is 5.91 Å². The van der Waals surface area contributed by atoms with Crippen LogP contribution in [-0.4, -0.2) is 30.5 Å². The van der Waals surface area contributed by atoms with E-state index in [2.05, 4.69) is 25.4 Å². The molecule has 1 amide bonds. The molecule has 5 rings (SSSR count). The Kier molecular flexibility index (Phi) is 3.87. The first kappa shape index (κ1) is 17.1. The van der Waals surface area contributed by atoms with E-state index in [0.29, 0.717) is 17.8 Å². The number of fused-ring (bicyclic) bond motifs is 1. The molecule has 2 atom stereocenters. The molecule has 1 aromatic carbocycles. The zero-order valence-corrected chi connectivity index (χ0v) is 15.1. The molecule has 0 spiro atoms. The van der Waals surface area contributed by atoms with Gasteiger partial charge in [-0.25, -0.2) is 14.3 Å². The highest BCUT2D eigenvalue weighted by molar-refractivity contribution is 5.95. The summed E-state index contributed by atoms with van der Waals surface area (Å²) in [4.78, 5) is 45.1. The van der Waals surface area contributed by atoms with Gasteiger partial charge in [-0.3, -0.25) is 14.6 Å². The van der Waals surface area contributed by atoms with Gasteiger partial charge in [-0.15, -0.1) is 0 Å². The van der Waals surface area contributed by atoms with Gasteiger partial charge in [0.1, 0.15) is 0 Å². The van der Waals surface area contributed by atoms with E-state index in [4.69, 9.17) is 0 Å². The number of carbonyl (C=O) groups is 1. The lowest BCUT2D eigenvalue weighted by atomic mass is 10.1. The number of benzene rings is 1. The number of nitrogens with one attached hydrogen (secondary N) is 3. The molecule has 0 bridgehead atoms. The van der Waals surface area contributed by atoms with Gasteiger partial charge in [-0.05, 0) is 24.6 Å². The highest BCUT2D eigenvalue weighted by Crippen LogP contribution is 2.49. The maximum absolute atomic E-state index is 12.6. The van der Waals surface area contributed by atoms with Gasteiger partial charge in [0.15, 0.2) is 5.65 Å². The quantitative estimate of drug-likeness (QED) is 0.489. The first-order valence-corrected chi connectivity index (χ1v) is 9.13. The minimum Gasteiger partial charge on any atom is -0.326 e. The molecule has 1 aliphatic carbocycles. The van der Waals surface area contributed by atoms with E-state index in [1.165, 1.54) is 6.20 Å². The van der Waals surface area contributed by atoms with Crippen molar-refractivity contribution >= 4 is 17.2 Å². The minimum absolute atomic E-state index is 0.0211. The summed E-state index contributed by atoms with van der Waals surface area (Å²) in [5.74, 6) is -0.252. The van der Waals surface area contributed by atoms with Crippen molar-refractivity contribution in [3.05, 3.63) is 81.4 Å².